The fourth-order valence-electron chi connectivity index (χ4n) is 1.73. The van der Waals surface area contributed by atoms with Crippen LogP contribution in [0.2, 0.25) is 0 Å². The molecule has 124 valence electrons. The Morgan fingerprint density at radius 1 is 1.36 bits per heavy atom. The number of carbonyl (C=O) groups excluding carboxylic acids is 1. The van der Waals surface area contributed by atoms with Gasteiger partial charge in [0, 0.05) is 11.3 Å². The van der Waals surface area contributed by atoms with Gasteiger partial charge in [0.2, 0.25) is 0 Å². The molecule has 0 amide bonds. The molecule has 0 fully saturated rings. The first-order valence-corrected chi connectivity index (χ1v) is 6.31. The molecule has 2 atom stereocenters. The van der Waals surface area contributed by atoms with Gasteiger partial charge >= 0.3 is 12.3 Å². The van der Waals surface area contributed by atoms with E-state index in [1.165, 1.54) is 0 Å². The summed E-state index contributed by atoms with van der Waals surface area (Å²) in [5, 5.41) is 19.7. The topological polar surface area (TPSA) is 102 Å². The molecule has 0 aliphatic carbocycles. The lowest BCUT2D eigenvalue weighted by Crippen LogP contribution is -2.25. The van der Waals surface area contributed by atoms with Crippen molar-refractivity contribution in [3.63, 3.8) is 0 Å². The van der Waals surface area contributed by atoms with E-state index in [0.717, 1.165) is 18.2 Å². The molecule has 1 rings (SSSR count). The Morgan fingerprint density at radius 3 is 2.55 bits per heavy atom. The Labute approximate surface area is 124 Å². The van der Waals surface area contributed by atoms with Crippen molar-refractivity contribution >= 4 is 11.7 Å². The number of benzene rings is 1. The number of rotatable bonds is 6. The van der Waals surface area contributed by atoms with Crippen molar-refractivity contribution in [1.82, 2.24) is 0 Å². The third kappa shape index (κ3) is 5.41. The van der Waals surface area contributed by atoms with Crippen LogP contribution < -0.4 is 10.5 Å². The van der Waals surface area contributed by atoms with Gasteiger partial charge in [-0.1, -0.05) is 0 Å². The average Bonchev–Trinajstić information content (AvgIpc) is 2.38. The van der Waals surface area contributed by atoms with E-state index in [1.807, 2.05) is 0 Å². The van der Waals surface area contributed by atoms with Gasteiger partial charge in [-0.2, -0.15) is 0 Å². The van der Waals surface area contributed by atoms with Crippen LogP contribution in [-0.4, -0.2) is 35.3 Å². The Bertz CT molecular complexity index is 521. The Balaban J connectivity index is 2.97. The highest BCUT2D eigenvalue weighted by atomic mass is 19.4. The maximum Gasteiger partial charge on any atom is 0.573 e. The summed E-state index contributed by atoms with van der Waals surface area (Å²) in [6.45, 7) is 1.62. The molecule has 0 aliphatic rings. The summed E-state index contributed by atoms with van der Waals surface area (Å²) in [5.41, 5.74) is 5.14. The smallest absolute Gasteiger partial charge is 0.466 e. The largest absolute Gasteiger partial charge is 0.573 e. The molecular formula is C13H16F3NO5. The van der Waals surface area contributed by atoms with Crippen molar-refractivity contribution in [3.05, 3.63) is 23.8 Å². The van der Waals surface area contributed by atoms with E-state index in [4.69, 9.17) is 5.73 Å². The third-order valence-corrected chi connectivity index (χ3v) is 2.62. The van der Waals surface area contributed by atoms with E-state index in [2.05, 4.69) is 9.47 Å². The van der Waals surface area contributed by atoms with Crippen LogP contribution in [0, 0.1) is 0 Å². The molecule has 4 N–H and O–H groups in total. The fraction of sp³-hybridized carbons (Fsp3) is 0.462. The summed E-state index contributed by atoms with van der Waals surface area (Å²) in [5.74, 6) is -1.51. The van der Waals surface area contributed by atoms with Crippen molar-refractivity contribution in [1.29, 1.82) is 0 Å². The molecule has 9 heteroatoms. The first kappa shape index (κ1) is 18.1. The number of halogens is 3. The second-order valence-electron chi connectivity index (χ2n) is 4.37. The number of aliphatic hydroxyl groups excluding tert-OH is 2. The van der Waals surface area contributed by atoms with Gasteiger partial charge in [-0.3, -0.25) is 4.79 Å². The number of aliphatic hydroxyl groups is 2. The highest BCUT2D eigenvalue weighted by Crippen LogP contribution is 2.34. The maximum absolute atomic E-state index is 12.3. The average molecular weight is 323 g/mol. The number of alkyl halides is 3. The van der Waals surface area contributed by atoms with E-state index in [-0.39, 0.29) is 17.9 Å². The molecule has 6 nitrogen and oxygen atoms in total. The molecule has 22 heavy (non-hydrogen) atoms. The second-order valence-corrected chi connectivity index (χ2v) is 4.37. The molecule has 0 spiro atoms. The summed E-state index contributed by atoms with van der Waals surface area (Å²) in [7, 11) is 0. The van der Waals surface area contributed by atoms with Gasteiger partial charge in [-0.05, 0) is 25.1 Å². The molecule has 1 aromatic rings. The summed E-state index contributed by atoms with van der Waals surface area (Å²) in [6.07, 6.45) is -9.03. The lowest BCUT2D eigenvalue weighted by Gasteiger charge is -2.21. The van der Waals surface area contributed by atoms with Crippen LogP contribution in [0.15, 0.2) is 18.2 Å². The standard InChI is InChI=1S/C13H16F3NO5/c1-2-21-11(19)6-9(18)12(20)8-5-7(17)3-4-10(8)22-13(14,15)16/h3-5,9,12,18,20H,2,6,17H2,1H3. The van der Waals surface area contributed by atoms with Crippen LogP contribution in [0.1, 0.15) is 25.0 Å². The molecule has 0 aliphatic heterocycles. The first-order chi connectivity index (χ1) is 10.1. The van der Waals surface area contributed by atoms with Crippen LogP contribution in [-0.2, 0) is 9.53 Å². The normalized spacial score (nSPS) is 14.3. The zero-order valence-electron chi connectivity index (χ0n) is 11.6. The molecule has 0 heterocycles. The van der Waals surface area contributed by atoms with Crippen molar-refractivity contribution in [2.75, 3.05) is 12.3 Å². The lowest BCUT2D eigenvalue weighted by molar-refractivity contribution is -0.275. The van der Waals surface area contributed by atoms with Gasteiger partial charge < -0.3 is 25.4 Å². The molecule has 0 saturated heterocycles. The monoisotopic (exact) mass is 323 g/mol. The maximum atomic E-state index is 12.3. The van der Waals surface area contributed by atoms with Crippen LogP contribution in [0.4, 0.5) is 18.9 Å². The minimum Gasteiger partial charge on any atom is -0.466 e. The Hall–Kier alpha value is -2.00. The molecule has 0 bridgehead atoms. The van der Waals surface area contributed by atoms with Crippen molar-refractivity contribution < 1.29 is 37.7 Å². The van der Waals surface area contributed by atoms with Gasteiger partial charge in [0.1, 0.15) is 11.9 Å². The minimum absolute atomic E-state index is 0.0620. The van der Waals surface area contributed by atoms with E-state index in [1.54, 1.807) is 6.92 Å². The molecule has 1 aromatic carbocycles. The van der Waals surface area contributed by atoms with E-state index < -0.39 is 36.7 Å². The molecular weight excluding hydrogens is 307 g/mol. The van der Waals surface area contributed by atoms with Crippen LogP contribution in [0.3, 0.4) is 0 Å². The summed E-state index contributed by atoms with van der Waals surface area (Å²) < 4.78 is 45.3. The predicted molar refractivity (Wildman–Crippen MR) is 69.8 cm³/mol. The Kier molecular flexibility index (Phi) is 6.01. The van der Waals surface area contributed by atoms with E-state index in [9.17, 15) is 28.2 Å². The van der Waals surface area contributed by atoms with Crippen LogP contribution in [0.25, 0.3) is 0 Å². The summed E-state index contributed by atoms with van der Waals surface area (Å²) in [6, 6.07) is 3.09. The Morgan fingerprint density at radius 2 is 2.00 bits per heavy atom. The third-order valence-electron chi connectivity index (χ3n) is 2.62. The first-order valence-electron chi connectivity index (χ1n) is 6.31. The number of hydrogen-bond donors (Lipinski definition) is 3. The predicted octanol–water partition coefficient (Wildman–Crippen LogP) is 1.51. The number of ether oxygens (including phenoxy) is 2. The van der Waals surface area contributed by atoms with Gasteiger partial charge in [0.15, 0.2) is 0 Å². The fourth-order valence-corrected chi connectivity index (χ4v) is 1.73. The number of anilines is 1. The number of nitrogen functional groups attached to an aromatic ring is 1. The van der Waals surface area contributed by atoms with E-state index >= 15 is 0 Å². The summed E-state index contributed by atoms with van der Waals surface area (Å²) >= 11 is 0. The molecule has 0 aromatic heterocycles. The zero-order valence-corrected chi connectivity index (χ0v) is 11.6. The number of nitrogens with two attached hydrogens (primary N) is 1. The quantitative estimate of drug-likeness (QED) is 0.542. The van der Waals surface area contributed by atoms with Crippen LogP contribution in [0.5, 0.6) is 5.75 Å². The highest BCUT2D eigenvalue weighted by molar-refractivity contribution is 5.70. The number of esters is 1. The van der Waals surface area contributed by atoms with Gasteiger partial charge in [-0.25, -0.2) is 0 Å². The minimum atomic E-state index is -4.98. The highest BCUT2D eigenvalue weighted by Gasteiger charge is 2.34. The van der Waals surface area contributed by atoms with E-state index in [0.29, 0.717) is 0 Å². The second kappa shape index (κ2) is 7.32. The molecule has 0 radical (unpaired) electrons. The zero-order chi connectivity index (χ0) is 16.9. The van der Waals surface area contributed by atoms with Gasteiger partial charge in [0.25, 0.3) is 0 Å². The summed E-state index contributed by atoms with van der Waals surface area (Å²) in [4.78, 5) is 11.2. The SMILES string of the molecule is CCOC(=O)CC(O)C(O)c1cc(N)ccc1OC(F)(F)F. The van der Waals surface area contributed by atoms with Crippen molar-refractivity contribution in [3.8, 4) is 5.75 Å². The van der Waals surface area contributed by atoms with Crippen molar-refractivity contribution in [2.45, 2.75) is 31.9 Å². The van der Waals surface area contributed by atoms with Gasteiger partial charge in [-0.15, -0.1) is 13.2 Å². The number of carbonyl (C=O) groups is 1. The molecule has 0 saturated carbocycles. The van der Waals surface area contributed by atoms with Crippen LogP contribution >= 0.6 is 0 Å². The van der Waals surface area contributed by atoms with Crippen molar-refractivity contribution in [2.24, 2.45) is 0 Å². The van der Waals surface area contributed by atoms with Gasteiger partial charge in [0.05, 0.1) is 19.1 Å². The lowest BCUT2D eigenvalue weighted by atomic mass is 10.0. The number of hydrogen-bond acceptors (Lipinski definition) is 6. The molecule has 2 unspecified atom stereocenters.